The highest BCUT2D eigenvalue weighted by Gasteiger charge is 2.55. The Bertz CT molecular complexity index is 959. The van der Waals surface area contributed by atoms with Gasteiger partial charge in [0.1, 0.15) is 5.57 Å². The van der Waals surface area contributed by atoms with Crippen LogP contribution in [0.4, 0.5) is 0 Å². The van der Waals surface area contributed by atoms with E-state index in [2.05, 4.69) is 32.9 Å². The first kappa shape index (κ1) is 19.8. The van der Waals surface area contributed by atoms with E-state index in [1.165, 1.54) is 0 Å². The first-order chi connectivity index (χ1) is 13.7. The minimum Gasteiger partial charge on any atom is -0.593 e. The van der Waals surface area contributed by atoms with E-state index in [4.69, 9.17) is 14.6 Å². The van der Waals surface area contributed by atoms with Gasteiger partial charge in [0.25, 0.3) is 5.76 Å². The van der Waals surface area contributed by atoms with Gasteiger partial charge in [-0.25, -0.2) is 0 Å². The van der Waals surface area contributed by atoms with Crippen molar-refractivity contribution >= 4 is 5.78 Å². The Morgan fingerprint density at radius 2 is 1.76 bits per heavy atom. The zero-order valence-electron chi connectivity index (χ0n) is 18.0. The smallest absolute Gasteiger partial charge is 0.268 e. The van der Waals surface area contributed by atoms with Crippen LogP contribution < -0.4 is 9.47 Å². The number of hydrogen-bond donors (Lipinski definition) is 0. The van der Waals surface area contributed by atoms with E-state index >= 15 is 0 Å². The molecule has 3 aliphatic carbocycles. The predicted octanol–water partition coefficient (Wildman–Crippen LogP) is 4.61. The number of hydrogen-bond acceptors (Lipinski definition) is 3. The molecule has 1 aromatic rings. The number of carbonyl (C=O) groups is 1. The summed E-state index contributed by atoms with van der Waals surface area (Å²) < 4.78 is 10.8. The highest BCUT2D eigenvalue weighted by atomic mass is 16.5. The molecule has 0 amide bonds. The maximum Gasteiger partial charge on any atom is 0.268 e. The lowest BCUT2D eigenvalue weighted by Gasteiger charge is -2.41. The SMILES string of the molecule is COc1ccc(C2(C(=O)C3=CCC4(C)CC(C)(C)C=CC4=C3[OH2+])CC2)cc1OC. The van der Waals surface area contributed by atoms with Gasteiger partial charge in [0.15, 0.2) is 17.3 Å². The third kappa shape index (κ3) is 3.09. The van der Waals surface area contributed by atoms with Crippen LogP contribution in [0, 0.1) is 10.8 Å². The van der Waals surface area contributed by atoms with E-state index < -0.39 is 5.41 Å². The van der Waals surface area contributed by atoms with Crippen molar-refractivity contribution in [2.75, 3.05) is 14.2 Å². The Balaban J connectivity index is 1.70. The van der Waals surface area contributed by atoms with Crippen molar-refractivity contribution in [2.45, 2.75) is 51.9 Å². The van der Waals surface area contributed by atoms with Gasteiger partial charge in [-0.3, -0.25) is 4.79 Å². The summed E-state index contributed by atoms with van der Waals surface area (Å²) in [5.74, 6) is 1.77. The summed E-state index contributed by atoms with van der Waals surface area (Å²) in [5, 5.41) is 8.85. The van der Waals surface area contributed by atoms with Crippen LogP contribution in [0.2, 0.25) is 0 Å². The minimum absolute atomic E-state index is 0.0703. The van der Waals surface area contributed by atoms with Crippen molar-refractivity contribution in [3.8, 4) is 11.5 Å². The number of carbonyl (C=O) groups excluding carboxylic acids is 1. The van der Waals surface area contributed by atoms with Crippen LogP contribution in [0.3, 0.4) is 0 Å². The molecule has 0 heterocycles. The molecule has 0 radical (unpaired) electrons. The summed E-state index contributed by atoms with van der Waals surface area (Å²) in [4.78, 5) is 13.6. The molecule has 154 valence electrons. The van der Waals surface area contributed by atoms with Gasteiger partial charge in [0.2, 0.25) is 0 Å². The second-order valence-corrected chi connectivity index (χ2v) is 9.65. The van der Waals surface area contributed by atoms with E-state index in [-0.39, 0.29) is 16.6 Å². The van der Waals surface area contributed by atoms with E-state index in [1.54, 1.807) is 14.2 Å². The van der Waals surface area contributed by atoms with Crippen molar-refractivity contribution in [1.82, 2.24) is 0 Å². The molecule has 1 aromatic carbocycles. The molecule has 4 heteroatoms. The van der Waals surface area contributed by atoms with E-state index in [1.807, 2.05) is 24.3 Å². The molecule has 1 unspecified atom stereocenters. The molecule has 0 saturated heterocycles. The van der Waals surface area contributed by atoms with Gasteiger partial charge < -0.3 is 14.6 Å². The summed E-state index contributed by atoms with van der Waals surface area (Å²) in [5.41, 5.74) is 2.04. The molecule has 4 rings (SSSR count). The van der Waals surface area contributed by atoms with Crippen molar-refractivity contribution < 1.29 is 19.4 Å². The van der Waals surface area contributed by atoms with Crippen molar-refractivity contribution in [2.24, 2.45) is 10.8 Å². The first-order valence-corrected chi connectivity index (χ1v) is 10.3. The maximum absolute atomic E-state index is 13.6. The lowest BCUT2D eigenvalue weighted by molar-refractivity contribution is -0.118. The van der Waals surface area contributed by atoms with Gasteiger partial charge >= 0.3 is 0 Å². The van der Waals surface area contributed by atoms with Gasteiger partial charge in [-0.05, 0) is 48.8 Å². The molecule has 0 bridgehead atoms. The molecular weight excluding hydrogens is 364 g/mol. The number of fused-ring (bicyclic) bond motifs is 1. The summed E-state index contributed by atoms with van der Waals surface area (Å²) in [6.45, 7) is 6.69. The first-order valence-electron chi connectivity index (χ1n) is 10.3. The zero-order chi connectivity index (χ0) is 21.0. The van der Waals surface area contributed by atoms with E-state index in [0.29, 0.717) is 22.8 Å². The number of allylic oxidation sites excluding steroid dienone is 5. The van der Waals surface area contributed by atoms with Gasteiger partial charge in [-0.2, -0.15) is 0 Å². The van der Waals surface area contributed by atoms with Crippen LogP contribution in [-0.4, -0.2) is 25.1 Å². The molecular formula is C25H31O4+. The molecule has 4 nitrogen and oxygen atoms in total. The molecule has 1 fully saturated rings. The monoisotopic (exact) mass is 395 g/mol. The summed E-state index contributed by atoms with van der Waals surface area (Å²) in [6.07, 6.45) is 9.71. The average molecular weight is 396 g/mol. The second-order valence-electron chi connectivity index (χ2n) is 9.65. The Morgan fingerprint density at radius 3 is 2.38 bits per heavy atom. The molecule has 3 aliphatic rings. The standard InChI is InChI=1S/C25H30O4/c1-23(2)10-9-18-21(26)17(8-11-24(18,3)15-23)22(27)25(12-13-25)16-6-7-19(28-4)20(14-16)29-5/h6-10,14,26H,11-13,15H2,1-5H3/p+1. The molecule has 0 spiro atoms. The quantitative estimate of drug-likeness (QED) is 0.684. The lowest BCUT2D eigenvalue weighted by atomic mass is 9.61. The Hall–Kier alpha value is -2.49. The molecule has 0 aromatic heterocycles. The molecule has 29 heavy (non-hydrogen) atoms. The molecule has 0 aliphatic heterocycles. The van der Waals surface area contributed by atoms with Crippen molar-refractivity contribution in [3.63, 3.8) is 0 Å². The average Bonchev–Trinajstić information content (AvgIpc) is 3.48. The fraction of sp³-hybridized carbons (Fsp3) is 0.480. The molecule has 1 saturated carbocycles. The van der Waals surface area contributed by atoms with Gasteiger partial charge in [-0.1, -0.05) is 45.1 Å². The summed E-state index contributed by atoms with van der Waals surface area (Å²) >= 11 is 0. The number of methoxy groups -OCH3 is 2. The predicted molar refractivity (Wildman–Crippen MR) is 114 cm³/mol. The van der Waals surface area contributed by atoms with Crippen molar-refractivity contribution in [1.29, 1.82) is 0 Å². The Morgan fingerprint density at radius 1 is 1.07 bits per heavy atom. The highest BCUT2D eigenvalue weighted by Crippen LogP contribution is 2.55. The van der Waals surface area contributed by atoms with Crippen molar-refractivity contribution in [3.05, 3.63) is 58.9 Å². The Kier molecular flexibility index (Phi) is 4.45. The highest BCUT2D eigenvalue weighted by molar-refractivity contribution is 6.08. The summed E-state index contributed by atoms with van der Waals surface area (Å²) in [7, 11) is 3.22. The fourth-order valence-corrected chi connectivity index (χ4v) is 5.18. The third-order valence-electron chi connectivity index (χ3n) is 6.86. The van der Waals surface area contributed by atoms with Gasteiger partial charge in [0.05, 0.1) is 25.2 Å². The topological polar surface area (TPSA) is 58.4 Å². The van der Waals surface area contributed by atoms with Crippen LogP contribution in [0.15, 0.2) is 53.3 Å². The van der Waals surface area contributed by atoms with Crippen LogP contribution in [0.25, 0.3) is 0 Å². The number of ether oxygens (including phenoxy) is 2. The fourth-order valence-electron chi connectivity index (χ4n) is 5.18. The largest absolute Gasteiger partial charge is 0.593 e. The molecule has 2 N–H and O–H groups in total. The van der Waals surface area contributed by atoms with Gasteiger partial charge in [0, 0.05) is 5.41 Å². The van der Waals surface area contributed by atoms with E-state index in [0.717, 1.165) is 36.8 Å². The van der Waals surface area contributed by atoms with E-state index in [9.17, 15) is 4.79 Å². The minimum atomic E-state index is -0.538. The second kappa shape index (κ2) is 6.51. The number of benzene rings is 1. The van der Waals surface area contributed by atoms with Crippen LogP contribution in [0.1, 0.15) is 52.0 Å². The number of ketones is 1. The van der Waals surface area contributed by atoms with Gasteiger partial charge in [-0.15, -0.1) is 0 Å². The van der Waals surface area contributed by atoms with Crippen LogP contribution in [0.5, 0.6) is 11.5 Å². The summed E-state index contributed by atoms with van der Waals surface area (Å²) in [6, 6.07) is 5.73. The number of Topliss-reactive ketones (excluding diaryl/α,β-unsaturated/α-hetero) is 1. The molecule has 1 atom stereocenters. The van der Waals surface area contributed by atoms with Crippen LogP contribution >= 0.6 is 0 Å². The number of rotatable bonds is 5. The zero-order valence-corrected chi connectivity index (χ0v) is 18.0. The maximum atomic E-state index is 13.6. The normalized spacial score (nSPS) is 26.4. The lowest BCUT2D eigenvalue weighted by Crippen LogP contribution is -2.34. The Labute approximate surface area is 172 Å². The third-order valence-corrected chi connectivity index (χ3v) is 6.86. The van der Waals surface area contributed by atoms with Crippen LogP contribution in [-0.2, 0) is 10.2 Å².